The Balaban J connectivity index is 1.41. The van der Waals surface area contributed by atoms with E-state index in [-0.39, 0.29) is 40.7 Å². The molecule has 7 unspecified atom stereocenters. The van der Waals surface area contributed by atoms with Gasteiger partial charge in [-0.25, -0.2) is 4.79 Å². The van der Waals surface area contributed by atoms with E-state index in [2.05, 4.69) is 51.1 Å². The number of ether oxygens (including phenoxy) is 2. The van der Waals surface area contributed by atoms with Crippen molar-refractivity contribution < 1.29 is 24.2 Å². The summed E-state index contributed by atoms with van der Waals surface area (Å²) in [5.74, 6) is 0.919. The lowest BCUT2D eigenvalue weighted by Gasteiger charge is -2.67. The minimum atomic E-state index is -0.891. The van der Waals surface area contributed by atoms with Crippen LogP contribution in [0.1, 0.15) is 130 Å². The summed E-state index contributed by atoms with van der Waals surface area (Å²) < 4.78 is 11.5. The molecule has 5 heteroatoms. The van der Waals surface area contributed by atoms with Crippen LogP contribution >= 0.6 is 0 Å². The van der Waals surface area contributed by atoms with Crippen LogP contribution in [0.2, 0.25) is 0 Å². The van der Waals surface area contributed by atoms with Gasteiger partial charge in [0.2, 0.25) is 0 Å². The number of carbonyl (C=O) groups is 2. The Morgan fingerprint density at radius 1 is 1.05 bits per heavy atom. The number of esters is 2. The van der Waals surface area contributed by atoms with Crippen LogP contribution in [-0.4, -0.2) is 35.4 Å². The highest BCUT2D eigenvalue weighted by Gasteiger charge is 2.68. The summed E-state index contributed by atoms with van der Waals surface area (Å²) in [5.41, 5.74) is 1.23. The van der Waals surface area contributed by atoms with Crippen LogP contribution in [0.25, 0.3) is 0 Å². The molecule has 0 saturated heterocycles. The monoisotopic (exact) mass is 606 g/mol. The van der Waals surface area contributed by atoms with E-state index >= 15 is 0 Å². The molecule has 3 aliphatic carbocycles. The van der Waals surface area contributed by atoms with Crippen LogP contribution < -0.4 is 0 Å². The van der Waals surface area contributed by atoms with Crippen LogP contribution in [0.5, 0.6) is 0 Å². The van der Waals surface area contributed by atoms with E-state index < -0.39 is 5.60 Å². The first-order chi connectivity index (χ1) is 21.1. The summed E-state index contributed by atoms with van der Waals surface area (Å²) in [4.78, 5) is 24.5. The largest absolute Gasteiger partial charge is 0.462 e. The van der Waals surface area contributed by atoms with Crippen molar-refractivity contribution in [3.63, 3.8) is 0 Å². The zero-order valence-corrected chi connectivity index (χ0v) is 28.0. The summed E-state index contributed by atoms with van der Waals surface area (Å²) in [6.45, 7) is 8.98. The van der Waals surface area contributed by atoms with Crippen molar-refractivity contribution in [3.8, 4) is 0 Å². The van der Waals surface area contributed by atoms with Crippen molar-refractivity contribution in [1.29, 1.82) is 0 Å². The van der Waals surface area contributed by atoms with Gasteiger partial charge in [-0.05, 0) is 98.5 Å². The van der Waals surface area contributed by atoms with E-state index in [4.69, 9.17) is 9.47 Å². The maximum Gasteiger partial charge on any atom is 0.331 e. The highest BCUT2D eigenvalue weighted by molar-refractivity contribution is 5.85. The Kier molecular flexibility index (Phi) is 10.6. The summed E-state index contributed by atoms with van der Waals surface area (Å²) in [5, 5.41) is 13.2. The molecule has 5 nitrogen and oxygen atoms in total. The molecule has 0 radical (unpaired) electrons. The van der Waals surface area contributed by atoms with Gasteiger partial charge in [0.15, 0.2) is 0 Å². The molecule has 1 aliphatic heterocycles. The smallest absolute Gasteiger partial charge is 0.331 e. The fraction of sp³-hybridized carbons (Fsp3) is 0.744. The maximum absolute atomic E-state index is 13.2. The van der Waals surface area contributed by atoms with E-state index in [9.17, 15) is 14.7 Å². The third-order valence-electron chi connectivity index (χ3n) is 12.8. The van der Waals surface area contributed by atoms with Crippen LogP contribution in [-0.2, 0) is 25.5 Å². The second-order valence-electron chi connectivity index (χ2n) is 15.5. The van der Waals surface area contributed by atoms with Crippen LogP contribution in [0.4, 0.5) is 0 Å². The Bertz CT molecular complexity index is 1150. The zero-order valence-electron chi connectivity index (χ0n) is 28.0. The minimum absolute atomic E-state index is 0.00375. The second kappa shape index (κ2) is 14.1. The Morgan fingerprint density at radius 2 is 1.77 bits per heavy atom. The third-order valence-corrected chi connectivity index (χ3v) is 12.8. The van der Waals surface area contributed by atoms with Crippen LogP contribution in [0, 0.1) is 34.5 Å². The molecule has 3 saturated carbocycles. The van der Waals surface area contributed by atoms with Gasteiger partial charge in [0.05, 0.1) is 5.60 Å². The number of aliphatic hydroxyl groups is 1. The molecule has 0 spiro atoms. The number of hydrogen-bond donors (Lipinski definition) is 1. The summed E-state index contributed by atoms with van der Waals surface area (Å²) in [6.07, 6.45) is 18.5. The van der Waals surface area contributed by atoms with E-state index in [1.165, 1.54) is 44.1 Å². The Hall–Kier alpha value is -2.14. The Labute approximate surface area is 266 Å². The SMILES string of the molecule is CC(=O)OC1CC(C)C(O)(CCC2=CC(=O)OC2)C2(CCCC(C)CCCc3ccccc3)CCCC(C)(C3CCCC3)C12. The predicted molar refractivity (Wildman–Crippen MR) is 175 cm³/mol. The first-order valence-electron chi connectivity index (χ1n) is 17.9. The normalized spacial score (nSPS) is 34.7. The summed E-state index contributed by atoms with van der Waals surface area (Å²) in [7, 11) is 0. The molecule has 4 aliphatic rings. The molecular formula is C39H58O5. The molecule has 1 N–H and O–H groups in total. The average molecular weight is 607 g/mol. The second-order valence-corrected chi connectivity index (χ2v) is 15.5. The van der Waals surface area contributed by atoms with Gasteiger partial charge in [0, 0.05) is 24.3 Å². The lowest BCUT2D eigenvalue weighted by molar-refractivity contribution is -0.268. The van der Waals surface area contributed by atoms with Gasteiger partial charge in [-0.1, -0.05) is 89.6 Å². The minimum Gasteiger partial charge on any atom is -0.462 e. The van der Waals surface area contributed by atoms with E-state index in [1.807, 2.05) is 0 Å². The number of carbonyl (C=O) groups excluding carboxylic acids is 2. The van der Waals surface area contributed by atoms with E-state index in [1.54, 1.807) is 13.0 Å². The third kappa shape index (κ3) is 6.83. The molecule has 1 aromatic carbocycles. The molecule has 7 atom stereocenters. The van der Waals surface area contributed by atoms with Gasteiger partial charge in [0.25, 0.3) is 0 Å². The van der Waals surface area contributed by atoms with Crippen molar-refractivity contribution in [1.82, 2.24) is 0 Å². The molecule has 5 rings (SSSR count). The number of cyclic esters (lactones) is 1. The van der Waals surface area contributed by atoms with Crippen LogP contribution in [0.3, 0.4) is 0 Å². The van der Waals surface area contributed by atoms with Crippen molar-refractivity contribution in [3.05, 3.63) is 47.5 Å². The first-order valence-corrected chi connectivity index (χ1v) is 17.9. The molecular weight excluding hydrogens is 548 g/mol. The van der Waals surface area contributed by atoms with Gasteiger partial charge in [0.1, 0.15) is 12.7 Å². The molecule has 3 fully saturated rings. The molecule has 1 heterocycles. The summed E-state index contributed by atoms with van der Waals surface area (Å²) in [6, 6.07) is 10.8. The van der Waals surface area contributed by atoms with Crippen molar-refractivity contribution in [2.75, 3.05) is 6.61 Å². The van der Waals surface area contributed by atoms with E-state index in [0.717, 1.165) is 50.5 Å². The maximum atomic E-state index is 13.2. The average Bonchev–Trinajstić information content (AvgIpc) is 3.68. The highest BCUT2D eigenvalue weighted by Crippen LogP contribution is 2.69. The number of hydrogen-bond acceptors (Lipinski definition) is 5. The highest BCUT2D eigenvalue weighted by atomic mass is 16.5. The van der Waals surface area contributed by atoms with Crippen molar-refractivity contribution in [2.24, 2.45) is 34.5 Å². The predicted octanol–water partition coefficient (Wildman–Crippen LogP) is 8.76. The molecule has 44 heavy (non-hydrogen) atoms. The van der Waals surface area contributed by atoms with E-state index in [0.29, 0.717) is 37.7 Å². The quantitative estimate of drug-likeness (QED) is 0.227. The van der Waals surface area contributed by atoms with Gasteiger partial charge >= 0.3 is 11.9 Å². The number of rotatable bonds is 13. The fourth-order valence-electron chi connectivity index (χ4n) is 10.6. The van der Waals surface area contributed by atoms with Crippen molar-refractivity contribution in [2.45, 2.75) is 142 Å². The number of fused-ring (bicyclic) bond motifs is 1. The molecule has 0 aromatic heterocycles. The summed E-state index contributed by atoms with van der Waals surface area (Å²) >= 11 is 0. The molecule has 0 amide bonds. The molecule has 0 bridgehead atoms. The molecule has 1 aromatic rings. The first kappa shape index (κ1) is 33.2. The molecule has 244 valence electrons. The van der Waals surface area contributed by atoms with Crippen LogP contribution in [0.15, 0.2) is 42.0 Å². The van der Waals surface area contributed by atoms with Gasteiger partial charge in [-0.3, -0.25) is 4.79 Å². The lowest BCUT2D eigenvalue weighted by atomic mass is 9.39. The number of benzene rings is 1. The van der Waals surface area contributed by atoms with Gasteiger partial charge in [-0.2, -0.15) is 0 Å². The fourth-order valence-corrected chi connectivity index (χ4v) is 10.6. The van der Waals surface area contributed by atoms with Gasteiger partial charge in [-0.15, -0.1) is 0 Å². The van der Waals surface area contributed by atoms with Crippen molar-refractivity contribution >= 4 is 11.9 Å². The lowest BCUT2D eigenvalue weighted by Crippen LogP contribution is -2.69. The standard InChI is InChI=1S/C39H58O5/c1-28(13-10-17-31-15-6-5-7-16-31)14-11-22-38-23-12-21-37(4,33-18-8-9-19-33)36(38)34(44-30(3)40)25-29(2)39(38,42)24-20-32-26-35(41)43-27-32/h5-7,15-16,26,28-29,33-34,36,42H,8-14,17-25,27H2,1-4H3. The zero-order chi connectivity index (χ0) is 31.4. The topological polar surface area (TPSA) is 72.8 Å². The Morgan fingerprint density at radius 3 is 2.45 bits per heavy atom. The number of aryl methyl sites for hydroxylation is 1. The van der Waals surface area contributed by atoms with Gasteiger partial charge < -0.3 is 14.6 Å².